The van der Waals surface area contributed by atoms with Crippen LogP contribution in [0.25, 0.3) is 10.8 Å². The van der Waals surface area contributed by atoms with Crippen LogP contribution >= 0.6 is 0 Å². The molecule has 136 valence electrons. The summed E-state index contributed by atoms with van der Waals surface area (Å²) in [6, 6.07) is 18.2. The van der Waals surface area contributed by atoms with E-state index in [1.54, 1.807) is 30.0 Å². The van der Waals surface area contributed by atoms with Gasteiger partial charge in [0.05, 0.1) is 0 Å². The molecule has 0 spiro atoms. The number of phenolic OH excluding ortho intramolecular Hbond substituents is 1. The molecule has 1 heterocycles. The lowest BCUT2D eigenvalue weighted by Crippen LogP contribution is -2.39. The highest BCUT2D eigenvalue weighted by Crippen LogP contribution is 2.30. The number of rotatable bonds is 3. The molecule has 1 aliphatic heterocycles. The number of carbonyl (C=O) groups excluding carboxylic acids is 2. The number of carbonyl (C=O) groups is 2. The molecule has 3 aromatic rings. The lowest BCUT2D eigenvalue weighted by atomic mass is 10.1. The molecule has 1 atom stereocenters. The number of anilines is 1. The molecule has 1 aliphatic rings. The largest absolute Gasteiger partial charge is 0.506 e. The molecule has 0 radical (unpaired) electrons. The summed E-state index contributed by atoms with van der Waals surface area (Å²) >= 11 is 0. The van der Waals surface area contributed by atoms with Gasteiger partial charge in [0, 0.05) is 17.6 Å². The predicted molar refractivity (Wildman–Crippen MR) is 103 cm³/mol. The van der Waals surface area contributed by atoms with Gasteiger partial charge in [-0.1, -0.05) is 48.5 Å². The maximum Gasteiger partial charge on any atom is 0.342 e. The molecule has 27 heavy (non-hydrogen) atoms. The van der Waals surface area contributed by atoms with Crippen molar-refractivity contribution < 1.29 is 19.4 Å². The first-order valence-electron chi connectivity index (χ1n) is 8.87. The van der Waals surface area contributed by atoms with Crippen molar-refractivity contribution in [3.63, 3.8) is 0 Å². The van der Waals surface area contributed by atoms with Crippen molar-refractivity contribution in [1.82, 2.24) is 0 Å². The Bertz CT molecular complexity index is 1040. The van der Waals surface area contributed by atoms with E-state index >= 15 is 0 Å². The second-order valence-corrected chi connectivity index (χ2v) is 6.60. The van der Waals surface area contributed by atoms with Gasteiger partial charge in [-0.05, 0) is 36.4 Å². The Morgan fingerprint density at radius 1 is 1.04 bits per heavy atom. The quantitative estimate of drug-likeness (QED) is 0.723. The number of fused-ring (bicyclic) bond motifs is 2. The Morgan fingerprint density at radius 3 is 2.63 bits per heavy atom. The van der Waals surface area contributed by atoms with E-state index in [4.69, 9.17) is 4.74 Å². The lowest BCUT2D eigenvalue weighted by molar-refractivity contribution is -0.126. The average Bonchev–Trinajstić information content (AvgIpc) is 3.11. The van der Waals surface area contributed by atoms with Gasteiger partial charge in [-0.25, -0.2) is 4.79 Å². The predicted octanol–water partition coefficient (Wildman–Crippen LogP) is 3.68. The van der Waals surface area contributed by atoms with E-state index in [-0.39, 0.29) is 17.2 Å². The molecule has 5 nitrogen and oxygen atoms in total. The maximum atomic E-state index is 12.8. The molecule has 0 aliphatic carbocycles. The monoisotopic (exact) mass is 361 g/mol. The topological polar surface area (TPSA) is 66.8 Å². The van der Waals surface area contributed by atoms with Crippen molar-refractivity contribution in [2.75, 3.05) is 11.4 Å². The third kappa shape index (κ3) is 3.01. The Hall–Kier alpha value is -3.34. The SMILES string of the molecule is C[C@@H](OC(=O)c1ccc2ccccc2c1O)C(=O)N1CCc2ccccc21. The molecular formula is C22H19NO4. The number of phenols is 1. The van der Waals surface area contributed by atoms with Crippen LogP contribution in [0.1, 0.15) is 22.8 Å². The number of hydrogen-bond acceptors (Lipinski definition) is 4. The first-order chi connectivity index (χ1) is 13.1. The zero-order valence-electron chi connectivity index (χ0n) is 14.9. The van der Waals surface area contributed by atoms with Crippen molar-refractivity contribution in [1.29, 1.82) is 0 Å². The summed E-state index contributed by atoms with van der Waals surface area (Å²) in [4.78, 5) is 26.9. The summed E-state index contributed by atoms with van der Waals surface area (Å²) in [5.41, 5.74) is 2.02. The summed E-state index contributed by atoms with van der Waals surface area (Å²) in [5.74, 6) is -1.12. The fourth-order valence-electron chi connectivity index (χ4n) is 3.48. The summed E-state index contributed by atoms with van der Waals surface area (Å²) < 4.78 is 5.37. The van der Waals surface area contributed by atoms with E-state index in [1.807, 2.05) is 36.4 Å². The molecule has 0 fully saturated rings. The van der Waals surface area contributed by atoms with Crippen molar-refractivity contribution in [3.05, 3.63) is 71.8 Å². The van der Waals surface area contributed by atoms with Crippen LogP contribution < -0.4 is 4.90 Å². The minimum absolute atomic E-state index is 0.0511. The Morgan fingerprint density at radius 2 is 1.78 bits per heavy atom. The van der Waals surface area contributed by atoms with Gasteiger partial charge < -0.3 is 14.7 Å². The van der Waals surface area contributed by atoms with E-state index < -0.39 is 12.1 Å². The van der Waals surface area contributed by atoms with E-state index in [2.05, 4.69) is 0 Å². The summed E-state index contributed by atoms with van der Waals surface area (Å²) in [6.07, 6.45) is -0.164. The second-order valence-electron chi connectivity index (χ2n) is 6.60. The van der Waals surface area contributed by atoms with Crippen LogP contribution in [0, 0.1) is 0 Å². The molecule has 0 saturated heterocycles. The smallest absolute Gasteiger partial charge is 0.342 e. The molecule has 5 heteroatoms. The van der Waals surface area contributed by atoms with Crippen LogP contribution in [0.3, 0.4) is 0 Å². The van der Waals surface area contributed by atoms with E-state index in [9.17, 15) is 14.7 Å². The first kappa shape index (κ1) is 17.1. The summed E-state index contributed by atoms with van der Waals surface area (Å²) in [7, 11) is 0. The van der Waals surface area contributed by atoms with Gasteiger partial charge in [0.2, 0.25) is 0 Å². The van der Waals surface area contributed by atoms with Gasteiger partial charge in [-0.15, -0.1) is 0 Å². The highest BCUT2D eigenvalue weighted by Gasteiger charge is 2.30. The van der Waals surface area contributed by atoms with Gasteiger partial charge >= 0.3 is 5.97 Å². The van der Waals surface area contributed by atoms with Crippen LogP contribution in [-0.4, -0.2) is 29.6 Å². The van der Waals surface area contributed by atoms with E-state index in [0.717, 1.165) is 23.1 Å². The number of benzene rings is 3. The van der Waals surface area contributed by atoms with Crippen LogP contribution in [0.4, 0.5) is 5.69 Å². The third-order valence-electron chi connectivity index (χ3n) is 4.91. The molecule has 3 aromatic carbocycles. The van der Waals surface area contributed by atoms with E-state index in [1.165, 1.54) is 6.07 Å². The number of aromatic hydroxyl groups is 1. The molecular weight excluding hydrogens is 342 g/mol. The average molecular weight is 361 g/mol. The van der Waals surface area contributed by atoms with Crippen LogP contribution in [-0.2, 0) is 16.0 Å². The van der Waals surface area contributed by atoms with Gasteiger partial charge in [-0.2, -0.15) is 0 Å². The zero-order chi connectivity index (χ0) is 19.0. The van der Waals surface area contributed by atoms with Crippen molar-refractivity contribution in [3.8, 4) is 5.75 Å². The molecule has 0 unspecified atom stereocenters. The lowest BCUT2D eigenvalue weighted by Gasteiger charge is -2.22. The first-order valence-corrected chi connectivity index (χ1v) is 8.87. The molecule has 4 rings (SSSR count). The Balaban J connectivity index is 1.53. The zero-order valence-corrected chi connectivity index (χ0v) is 14.9. The van der Waals surface area contributed by atoms with Crippen molar-refractivity contribution in [2.45, 2.75) is 19.4 Å². The van der Waals surface area contributed by atoms with Crippen LogP contribution in [0.15, 0.2) is 60.7 Å². The van der Waals surface area contributed by atoms with Crippen LogP contribution in [0.5, 0.6) is 5.75 Å². The van der Waals surface area contributed by atoms with Gasteiger partial charge in [-0.3, -0.25) is 4.79 Å². The highest BCUT2D eigenvalue weighted by atomic mass is 16.5. The van der Waals surface area contributed by atoms with Crippen LogP contribution in [0.2, 0.25) is 0 Å². The molecule has 0 aromatic heterocycles. The Labute approximate surface area is 156 Å². The molecule has 0 bridgehead atoms. The fourth-order valence-corrected chi connectivity index (χ4v) is 3.48. The number of nitrogens with zero attached hydrogens (tertiary/aromatic N) is 1. The number of esters is 1. The number of amides is 1. The van der Waals surface area contributed by atoms with Gasteiger partial charge in [0.15, 0.2) is 6.10 Å². The Kier molecular flexibility index (Phi) is 4.28. The second kappa shape index (κ2) is 6.76. The molecule has 1 amide bonds. The standard InChI is InChI=1S/C22H19NO4/c1-14(21(25)23-13-12-16-7-3-5-9-19(16)23)27-22(26)18-11-10-15-6-2-4-8-17(15)20(18)24/h2-11,14,24H,12-13H2,1H3/t14-/m1/s1. The third-order valence-corrected chi connectivity index (χ3v) is 4.91. The normalized spacial score (nSPS) is 14.0. The van der Waals surface area contributed by atoms with Crippen molar-refractivity contribution >= 4 is 28.3 Å². The minimum Gasteiger partial charge on any atom is -0.506 e. The maximum absolute atomic E-state index is 12.8. The highest BCUT2D eigenvalue weighted by molar-refractivity contribution is 6.03. The number of para-hydroxylation sites is 1. The fraction of sp³-hybridized carbons (Fsp3) is 0.182. The van der Waals surface area contributed by atoms with Crippen molar-refractivity contribution in [2.24, 2.45) is 0 Å². The minimum atomic E-state index is -0.950. The summed E-state index contributed by atoms with van der Waals surface area (Å²) in [5, 5.41) is 11.8. The number of ether oxygens (including phenoxy) is 1. The number of hydrogen-bond donors (Lipinski definition) is 1. The molecule has 1 N–H and O–H groups in total. The summed E-state index contributed by atoms with van der Waals surface area (Å²) in [6.45, 7) is 2.13. The van der Waals surface area contributed by atoms with Gasteiger partial charge in [0.25, 0.3) is 5.91 Å². The van der Waals surface area contributed by atoms with E-state index in [0.29, 0.717) is 11.9 Å². The van der Waals surface area contributed by atoms with Gasteiger partial charge in [0.1, 0.15) is 11.3 Å². The molecule has 0 saturated carbocycles.